The molecule has 1 rings (SSSR count). The minimum Gasteiger partial charge on any atom is -0.493 e. The molecule has 0 aliphatic heterocycles. The van der Waals surface area contributed by atoms with Crippen LogP contribution in [0.25, 0.3) is 0 Å². The average Bonchev–Trinajstić information content (AvgIpc) is 2.59. The van der Waals surface area contributed by atoms with Gasteiger partial charge in [-0.2, -0.15) is 26.3 Å². The summed E-state index contributed by atoms with van der Waals surface area (Å²) in [4.78, 5) is 8.90. The van der Waals surface area contributed by atoms with Gasteiger partial charge in [0.25, 0.3) is 0 Å². The largest absolute Gasteiger partial charge is 0.493 e. The molecule has 0 saturated heterocycles. The summed E-state index contributed by atoms with van der Waals surface area (Å²) in [6, 6.07) is 5.84. The Labute approximate surface area is 157 Å². The molecule has 0 spiro atoms. The standard InChI is InChI=1S/C15H19F3NO2.C2HF3O2/c1-2-11(10-20)13(19)7-5-9-21-14-8-4-3-6-12(14)15(16,17)18;3-2(4,5)1(6)7/h3,6,8,11,19-20H,2,5,7,9-10H2,1H3;(H,6,7)/t11-;/m1./s1. The maximum atomic E-state index is 12.7. The number of aliphatic hydroxyl groups excluding tert-OH is 1. The highest BCUT2D eigenvalue weighted by Gasteiger charge is 2.38. The number of aliphatic hydroxyl groups is 1. The number of halogens is 6. The van der Waals surface area contributed by atoms with Crippen LogP contribution in [0.15, 0.2) is 18.2 Å². The van der Waals surface area contributed by atoms with Gasteiger partial charge in [0.05, 0.1) is 18.8 Å². The van der Waals surface area contributed by atoms with Gasteiger partial charge in [-0.25, -0.2) is 4.79 Å². The van der Waals surface area contributed by atoms with Crippen LogP contribution in [0.4, 0.5) is 26.3 Å². The summed E-state index contributed by atoms with van der Waals surface area (Å²) in [7, 11) is 0. The summed E-state index contributed by atoms with van der Waals surface area (Å²) in [5, 5.41) is 23.9. The van der Waals surface area contributed by atoms with Gasteiger partial charge in [0, 0.05) is 11.6 Å². The first kappa shape index (κ1) is 25.7. The lowest BCUT2D eigenvalue weighted by molar-refractivity contribution is -0.192. The number of ether oxygens (including phenoxy) is 1. The molecule has 0 unspecified atom stereocenters. The van der Waals surface area contributed by atoms with Gasteiger partial charge in [0.1, 0.15) is 5.75 Å². The highest BCUT2D eigenvalue weighted by molar-refractivity contribution is 5.83. The fraction of sp³-hybridized carbons (Fsp3) is 0.529. The second-order valence-corrected chi connectivity index (χ2v) is 5.49. The normalized spacial score (nSPS) is 12.6. The molecule has 0 bridgehead atoms. The van der Waals surface area contributed by atoms with E-state index in [0.29, 0.717) is 25.0 Å². The van der Waals surface area contributed by atoms with Gasteiger partial charge >= 0.3 is 18.3 Å². The topological polar surface area (TPSA) is 90.6 Å². The molecule has 3 N–H and O–H groups in total. The van der Waals surface area contributed by atoms with Crippen molar-refractivity contribution < 1.29 is 46.1 Å². The van der Waals surface area contributed by atoms with Crippen LogP contribution in [0.5, 0.6) is 5.75 Å². The number of rotatable bonds is 8. The molecule has 28 heavy (non-hydrogen) atoms. The molecular formula is C17H20F6NO4. The molecule has 159 valence electrons. The van der Waals surface area contributed by atoms with Crippen molar-refractivity contribution in [3.8, 4) is 5.75 Å². The zero-order chi connectivity index (χ0) is 22.0. The number of nitrogens with one attached hydrogen (secondary N) is 1. The number of aliphatic carboxylic acids is 1. The predicted octanol–water partition coefficient (Wildman–Crippen LogP) is 4.34. The fourth-order valence-corrected chi connectivity index (χ4v) is 1.90. The molecule has 0 saturated carbocycles. The van der Waals surface area contributed by atoms with E-state index in [1.807, 2.05) is 6.92 Å². The van der Waals surface area contributed by atoms with Gasteiger partial charge in [-0.15, -0.1) is 0 Å². The molecular weight excluding hydrogens is 396 g/mol. The Kier molecular flexibility index (Phi) is 10.6. The zero-order valence-electron chi connectivity index (χ0n) is 14.8. The maximum Gasteiger partial charge on any atom is 0.490 e. The van der Waals surface area contributed by atoms with E-state index in [0.717, 1.165) is 12.1 Å². The minimum atomic E-state index is -5.08. The number of carboxylic acid groups (broad SMARTS) is 1. The summed E-state index contributed by atoms with van der Waals surface area (Å²) < 4.78 is 75.1. The third-order valence-corrected chi connectivity index (χ3v) is 3.43. The smallest absolute Gasteiger partial charge is 0.490 e. The number of carboxylic acids is 1. The van der Waals surface area contributed by atoms with E-state index < -0.39 is 23.9 Å². The van der Waals surface area contributed by atoms with Gasteiger partial charge < -0.3 is 20.4 Å². The van der Waals surface area contributed by atoms with E-state index in [9.17, 15) is 26.3 Å². The lowest BCUT2D eigenvalue weighted by Gasteiger charge is -2.15. The van der Waals surface area contributed by atoms with Gasteiger partial charge in [-0.3, -0.25) is 0 Å². The highest BCUT2D eigenvalue weighted by Crippen LogP contribution is 2.35. The van der Waals surface area contributed by atoms with Crippen LogP contribution in [0.3, 0.4) is 0 Å². The van der Waals surface area contributed by atoms with E-state index in [4.69, 9.17) is 25.2 Å². The first-order valence-electron chi connectivity index (χ1n) is 8.02. The number of carbonyl (C=O) groups is 1. The first-order valence-corrected chi connectivity index (χ1v) is 8.02. The second kappa shape index (κ2) is 11.5. The monoisotopic (exact) mass is 416 g/mol. The van der Waals surface area contributed by atoms with Gasteiger partial charge in [0.15, 0.2) is 0 Å². The van der Waals surface area contributed by atoms with Crippen molar-refractivity contribution in [3.63, 3.8) is 0 Å². The Hall–Kier alpha value is -2.30. The number of benzene rings is 1. The molecule has 0 fully saturated rings. The summed E-state index contributed by atoms with van der Waals surface area (Å²) in [6.07, 6.45) is -8.04. The van der Waals surface area contributed by atoms with Crippen LogP contribution >= 0.6 is 0 Å². The number of hydrogen-bond donors (Lipinski definition) is 3. The first-order chi connectivity index (χ1) is 12.8. The van der Waals surface area contributed by atoms with Crippen molar-refractivity contribution in [2.45, 2.75) is 38.5 Å². The summed E-state index contributed by atoms with van der Waals surface area (Å²) in [5.41, 5.74) is -0.419. The molecule has 1 aromatic carbocycles. The van der Waals surface area contributed by atoms with E-state index in [1.165, 1.54) is 6.07 Å². The molecule has 11 heteroatoms. The molecule has 5 nitrogen and oxygen atoms in total. The zero-order valence-corrected chi connectivity index (χ0v) is 14.8. The fourth-order valence-electron chi connectivity index (χ4n) is 1.90. The third-order valence-electron chi connectivity index (χ3n) is 3.43. The second-order valence-electron chi connectivity index (χ2n) is 5.49. The van der Waals surface area contributed by atoms with Crippen molar-refractivity contribution in [3.05, 3.63) is 29.8 Å². The molecule has 0 aliphatic carbocycles. The van der Waals surface area contributed by atoms with E-state index in [1.54, 1.807) is 0 Å². The molecule has 1 atom stereocenters. The minimum absolute atomic E-state index is 0.0813. The van der Waals surface area contributed by atoms with Crippen LogP contribution in [-0.4, -0.2) is 41.3 Å². The summed E-state index contributed by atoms with van der Waals surface area (Å²) in [6.45, 7) is 1.88. The van der Waals surface area contributed by atoms with E-state index in [-0.39, 0.29) is 24.9 Å². The summed E-state index contributed by atoms with van der Waals surface area (Å²) in [5.74, 6) is -3.18. The van der Waals surface area contributed by atoms with Crippen LogP contribution in [-0.2, 0) is 11.0 Å². The van der Waals surface area contributed by atoms with Crippen molar-refractivity contribution in [1.82, 2.24) is 0 Å². The van der Waals surface area contributed by atoms with Gasteiger partial charge in [-0.05, 0) is 37.5 Å². The van der Waals surface area contributed by atoms with Crippen molar-refractivity contribution in [2.24, 2.45) is 5.92 Å². The van der Waals surface area contributed by atoms with Gasteiger partial charge in [0.2, 0.25) is 0 Å². The van der Waals surface area contributed by atoms with Crippen LogP contribution in [0.1, 0.15) is 31.7 Å². The van der Waals surface area contributed by atoms with E-state index in [2.05, 4.69) is 6.07 Å². The molecule has 0 aromatic heterocycles. The van der Waals surface area contributed by atoms with Crippen molar-refractivity contribution in [1.29, 1.82) is 5.41 Å². The molecule has 1 radical (unpaired) electrons. The van der Waals surface area contributed by atoms with Gasteiger partial charge in [-0.1, -0.05) is 13.0 Å². The molecule has 0 aliphatic rings. The Morgan fingerprint density at radius 3 is 2.29 bits per heavy atom. The highest BCUT2D eigenvalue weighted by atomic mass is 19.4. The average molecular weight is 416 g/mol. The van der Waals surface area contributed by atoms with E-state index >= 15 is 0 Å². The Balaban J connectivity index is 0.000000887. The Morgan fingerprint density at radius 2 is 1.86 bits per heavy atom. The number of hydrogen-bond acceptors (Lipinski definition) is 4. The van der Waals surface area contributed by atoms with Crippen LogP contribution in [0, 0.1) is 17.4 Å². The summed E-state index contributed by atoms with van der Waals surface area (Å²) >= 11 is 0. The van der Waals surface area contributed by atoms with Crippen LogP contribution in [0.2, 0.25) is 0 Å². The quantitative estimate of drug-likeness (QED) is 0.334. The number of alkyl halides is 6. The SMILES string of the molecule is CC[C@H](CO)C(=N)CCCOc1c[c]ccc1C(F)(F)F.O=C(O)C(F)(F)F. The van der Waals surface area contributed by atoms with Crippen LogP contribution < -0.4 is 4.74 Å². The maximum absolute atomic E-state index is 12.7. The predicted molar refractivity (Wildman–Crippen MR) is 87.3 cm³/mol. The lowest BCUT2D eigenvalue weighted by atomic mass is 9.98. The Bertz CT molecular complexity index is 627. The van der Waals surface area contributed by atoms with Crippen molar-refractivity contribution >= 4 is 11.7 Å². The lowest BCUT2D eigenvalue weighted by Crippen LogP contribution is -2.21. The molecule has 1 aromatic rings. The van der Waals surface area contributed by atoms with Crippen molar-refractivity contribution in [2.75, 3.05) is 13.2 Å². The Morgan fingerprint density at radius 1 is 1.29 bits per heavy atom. The molecule has 0 amide bonds. The molecule has 0 heterocycles. The third kappa shape index (κ3) is 9.58.